The van der Waals surface area contributed by atoms with Gasteiger partial charge in [-0.15, -0.1) is 0 Å². The summed E-state index contributed by atoms with van der Waals surface area (Å²) in [4.78, 5) is 13.4. The number of halogens is 2. The van der Waals surface area contributed by atoms with Gasteiger partial charge in [-0.1, -0.05) is 23.2 Å². The molecule has 0 unspecified atom stereocenters. The molecule has 1 aromatic rings. The van der Waals surface area contributed by atoms with Gasteiger partial charge in [-0.3, -0.25) is 4.79 Å². The number of nitrogens with zero attached hydrogens (tertiary/aromatic N) is 2. The lowest BCUT2D eigenvalue weighted by atomic mass is 10.2. The lowest BCUT2D eigenvalue weighted by Crippen LogP contribution is -2.31. The van der Waals surface area contributed by atoms with E-state index in [4.69, 9.17) is 28.5 Å². The zero-order valence-corrected chi connectivity index (χ0v) is 10.2. The highest BCUT2D eigenvalue weighted by atomic mass is 35.5. The van der Waals surface area contributed by atoms with Crippen LogP contribution in [0.2, 0.25) is 10.0 Å². The molecule has 3 nitrogen and oxygen atoms in total. The molecule has 0 saturated heterocycles. The molecule has 0 aliphatic rings. The van der Waals surface area contributed by atoms with Crippen molar-refractivity contribution in [3.8, 4) is 6.07 Å². The molecule has 0 atom stereocenters. The van der Waals surface area contributed by atoms with Crippen LogP contribution in [0, 0.1) is 11.3 Å². The van der Waals surface area contributed by atoms with Crippen molar-refractivity contribution in [2.24, 2.45) is 0 Å². The van der Waals surface area contributed by atoms with Gasteiger partial charge in [0.25, 0.3) is 5.91 Å². The van der Waals surface area contributed by atoms with E-state index in [0.29, 0.717) is 22.2 Å². The molecule has 0 N–H and O–H groups in total. The van der Waals surface area contributed by atoms with Crippen LogP contribution in [0.3, 0.4) is 0 Å². The van der Waals surface area contributed by atoms with Crippen LogP contribution < -0.4 is 0 Å². The van der Waals surface area contributed by atoms with Crippen LogP contribution in [-0.2, 0) is 0 Å². The second-order valence-corrected chi connectivity index (χ2v) is 3.95. The summed E-state index contributed by atoms with van der Waals surface area (Å²) in [7, 11) is 0. The average molecular weight is 257 g/mol. The highest BCUT2D eigenvalue weighted by molar-refractivity contribution is 6.36. The maximum absolute atomic E-state index is 11.9. The summed E-state index contributed by atoms with van der Waals surface area (Å²) >= 11 is 11.6. The Morgan fingerprint density at radius 1 is 1.50 bits per heavy atom. The van der Waals surface area contributed by atoms with E-state index in [-0.39, 0.29) is 12.5 Å². The largest absolute Gasteiger partial charge is 0.326 e. The number of benzene rings is 1. The minimum Gasteiger partial charge on any atom is -0.326 e. The van der Waals surface area contributed by atoms with Crippen LogP contribution in [-0.4, -0.2) is 23.9 Å². The molecule has 0 aromatic heterocycles. The van der Waals surface area contributed by atoms with E-state index in [2.05, 4.69) is 0 Å². The maximum atomic E-state index is 11.9. The fraction of sp³-hybridized carbons (Fsp3) is 0.273. The first kappa shape index (κ1) is 12.8. The van der Waals surface area contributed by atoms with Crippen molar-refractivity contribution in [1.82, 2.24) is 4.90 Å². The Kier molecular flexibility index (Phi) is 4.60. The van der Waals surface area contributed by atoms with Crippen LogP contribution >= 0.6 is 23.2 Å². The zero-order valence-electron chi connectivity index (χ0n) is 8.70. The van der Waals surface area contributed by atoms with Crippen LogP contribution in [0.5, 0.6) is 0 Å². The predicted molar refractivity (Wildman–Crippen MR) is 63.7 cm³/mol. The third kappa shape index (κ3) is 2.88. The second kappa shape index (κ2) is 5.74. The standard InChI is InChI=1S/C11H10Cl2N2O/c1-2-15(6-5-14)11(16)9-4-3-8(12)7-10(9)13/h3-4,7H,2,6H2,1H3. The second-order valence-electron chi connectivity index (χ2n) is 3.10. The minimum atomic E-state index is -0.259. The van der Waals surface area contributed by atoms with Crippen LogP contribution in [0.25, 0.3) is 0 Å². The summed E-state index contributed by atoms with van der Waals surface area (Å²) < 4.78 is 0. The van der Waals surface area contributed by atoms with Crippen LogP contribution in [0.4, 0.5) is 0 Å². The van der Waals surface area contributed by atoms with Gasteiger partial charge in [0.15, 0.2) is 0 Å². The Morgan fingerprint density at radius 3 is 2.69 bits per heavy atom. The summed E-state index contributed by atoms with van der Waals surface area (Å²) in [6.45, 7) is 2.32. The van der Waals surface area contributed by atoms with Crippen molar-refractivity contribution in [1.29, 1.82) is 5.26 Å². The first-order valence-electron chi connectivity index (χ1n) is 4.71. The molecule has 1 rings (SSSR count). The Labute approximate surface area is 104 Å². The van der Waals surface area contributed by atoms with Gasteiger partial charge >= 0.3 is 0 Å². The molecule has 0 heterocycles. The molecule has 0 radical (unpaired) electrons. The monoisotopic (exact) mass is 256 g/mol. The topological polar surface area (TPSA) is 44.1 Å². The van der Waals surface area contributed by atoms with E-state index in [1.807, 2.05) is 6.07 Å². The molecule has 1 amide bonds. The highest BCUT2D eigenvalue weighted by Gasteiger charge is 2.16. The Hall–Kier alpha value is -1.24. The Morgan fingerprint density at radius 2 is 2.19 bits per heavy atom. The summed E-state index contributed by atoms with van der Waals surface area (Å²) in [6, 6.07) is 6.61. The molecular formula is C11H10Cl2N2O. The third-order valence-corrected chi connectivity index (χ3v) is 2.64. The molecule has 5 heteroatoms. The van der Waals surface area contributed by atoms with Gasteiger partial charge in [0.2, 0.25) is 0 Å². The number of amides is 1. The third-order valence-electron chi connectivity index (χ3n) is 2.09. The molecule has 0 spiro atoms. The number of carbonyl (C=O) groups excluding carboxylic acids is 1. The van der Waals surface area contributed by atoms with Gasteiger partial charge in [-0.2, -0.15) is 5.26 Å². The predicted octanol–water partition coefficient (Wildman–Crippen LogP) is 2.98. The summed E-state index contributed by atoms with van der Waals surface area (Å²) in [5.74, 6) is -0.259. The first-order chi connectivity index (χ1) is 7.60. The molecule has 0 saturated carbocycles. The van der Waals surface area contributed by atoms with Crippen molar-refractivity contribution < 1.29 is 4.79 Å². The summed E-state index contributed by atoms with van der Waals surface area (Å²) in [5.41, 5.74) is 0.364. The molecule has 84 valence electrons. The number of rotatable bonds is 3. The van der Waals surface area contributed by atoms with E-state index < -0.39 is 0 Å². The van der Waals surface area contributed by atoms with Gasteiger partial charge < -0.3 is 4.90 Å². The fourth-order valence-electron chi connectivity index (χ4n) is 1.25. The number of hydrogen-bond donors (Lipinski definition) is 0. The van der Waals surface area contributed by atoms with E-state index >= 15 is 0 Å². The van der Waals surface area contributed by atoms with Gasteiger partial charge in [0.05, 0.1) is 16.7 Å². The molecule has 0 aliphatic heterocycles. The van der Waals surface area contributed by atoms with E-state index in [0.717, 1.165) is 0 Å². The van der Waals surface area contributed by atoms with Crippen molar-refractivity contribution in [2.45, 2.75) is 6.92 Å². The van der Waals surface area contributed by atoms with Gasteiger partial charge in [-0.05, 0) is 25.1 Å². The summed E-state index contributed by atoms with van der Waals surface area (Å²) in [5, 5.41) is 9.36. The molecule has 0 fully saturated rings. The van der Waals surface area contributed by atoms with E-state index in [1.54, 1.807) is 19.1 Å². The highest BCUT2D eigenvalue weighted by Crippen LogP contribution is 2.22. The van der Waals surface area contributed by atoms with Crippen LogP contribution in [0.1, 0.15) is 17.3 Å². The van der Waals surface area contributed by atoms with Gasteiger partial charge in [0.1, 0.15) is 6.54 Å². The molecular weight excluding hydrogens is 247 g/mol. The number of carbonyl (C=O) groups is 1. The van der Waals surface area contributed by atoms with Crippen molar-refractivity contribution in [3.63, 3.8) is 0 Å². The lowest BCUT2D eigenvalue weighted by Gasteiger charge is -2.17. The van der Waals surface area contributed by atoms with E-state index in [1.165, 1.54) is 11.0 Å². The van der Waals surface area contributed by atoms with Gasteiger partial charge in [-0.25, -0.2) is 0 Å². The lowest BCUT2D eigenvalue weighted by molar-refractivity contribution is 0.0784. The van der Waals surface area contributed by atoms with E-state index in [9.17, 15) is 4.79 Å². The smallest absolute Gasteiger partial charge is 0.256 e. The van der Waals surface area contributed by atoms with Gasteiger partial charge in [0, 0.05) is 11.6 Å². The molecule has 0 bridgehead atoms. The molecule has 1 aromatic carbocycles. The number of hydrogen-bond acceptors (Lipinski definition) is 2. The first-order valence-corrected chi connectivity index (χ1v) is 5.47. The van der Waals surface area contributed by atoms with Crippen molar-refractivity contribution in [2.75, 3.05) is 13.1 Å². The SMILES string of the molecule is CCN(CC#N)C(=O)c1ccc(Cl)cc1Cl. The Bertz CT molecular complexity index is 440. The average Bonchev–Trinajstić information content (AvgIpc) is 2.25. The normalized spacial score (nSPS) is 9.62. The molecule has 16 heavy (non-hydrogen) atoms. The fourth-order valence-corrected chi connectivity index (χ4v) is 1.74. The van der Waals surface area contributed by atoms with Crippen molar-refractivity contribution in [3.05, 3.63) is 33.8 Å². The molecule has 0 aliphatic carbocycles. The summed E-state index contributed by atoms with van der Waals surface area (Å²) in [6.07, 6.45) is 0. The van der Waals surface area contributed by atoms with Crippen molar-refractivity contribution >= 4 is 29.1 Å². The van der Waals surface area contributed by atoms with Crippen LogP contribution in [0.15, 0.2) is 18.2 Å². The number of nitriles is 1. The minimum absolute atomic E-state index is 0.0499. The Balaban J connectivity index is 3.00. The maximum Gasteiger partial charge on any atom is 0.256 e. The zero-order chi connectivity index (χ0) is 12.1. The quantitative estimate of drug-likeness (QED) is 0.781.